The number of methoxy groups -OCH3 is 1. The number of ether oxygens (including phenoxy) is 1. The summed E-state index contributed by atoms with van der Waals surface area (Å²) in [4.78, 5) is 4.74. The van der Waals surface area contributed by atoms with Crippen molar-refractivity contribution >= 4 is 0 Å². The average molecular weight is 322 g/mol. The lowest BCUT2D eigenvalue weighted by Gasteiger charge is -2.53. The van der Waals surface area contributed by atoms with Crippen molar-refractivity contribution in [3.05, 3.63) is 29.6 Å². The summed E-state index contributed by atoms with van der Waals surface area (Å²) in [7, 11) is 3.78. The van der Waals surface area contributed by atoms with E-state index in [1.165, 1.54) is 6.07 Å². The molecule has 2 saturated heterocycles. The fourth-order valence-electron chi connectivity index (χ4n) is 4.33. The third-order valence-electron chi connectivity index (χ3n) is 5.73. The Morgan fingerprint density at radius 3 is 2.91 bits per heavy atom. The van der Waals surface area contributed by atoms with Crippen LogP contribution in [-0.2, 0) is 6.54 Å². The lowest BCUT2D eigenvalue weighted by atomic mass is 9.69. The number of aliphatic hydroxyl groups excluding tert-OH is 1. The second-order valence-corrected chi connectivity index (χ2v) is 7.06. The standard InChI is InChI=1S/C18H27FN2O2/c1-20-8-3-6-18(13-22)7-9-21(12-17(18)20)11-14-10-15(19)4-5-16(14)23-2/h4-5,10,17,22H,3,6-9,11-13H2,1-2H3/t17-,18-/m1/s1. The molecule has 3 rings (SSSR count). The van der Waals surface area contributed by atoms with Gasteiger partial charge in [-0.05, 0) is 57.6 Å². The second kappa shape index (κ2) is 6.75. The first-order valence-corrected chi connectivity index (χ1v) is 8.44. The number of likely N-dealkylation sites (tertiary alicyclic amines) is 2. The normalized spacial score (nSPS) is 29.3. The highest BCUT2D eigenvalue weighted by Gasteiger charge is 2.46. The Bertz CT molecular complexity index is 554. The molecule has 0 aliphatic carbocycles. The summed E-state index contributed by atoms with van der Waals surface area (Å²) in [6.07, 6.45) is 3.26. The van der Waals surface area contributed by atoms with Gasteiger partial charge in [0.2, 0.25) is 0 Å². The van der Waals surface area contributed by atoms with Gasteiger partial charge in [-0.1, -0.05) is 0 Å². The molecule has 0 amide bonds. The highest BCUT2D eigenvalue weighted by atomic mass is 19.1. The molecule has 1 aromatic rings. The molecule has 0 bridgehead atoms. The van der Waals surface area contributed by atoms with Crippen molar-refractivity contribution in [2.75, 3.05) is 40.4 Å². The largest absolute Gasteiger partial charge is 0.496 e. The molecule has 2 fully saturated rings. The molecule has 5 heteroatoms. The monoisotopic (exact) mass is 322 g/mol. The third kappa shape index (κ3) is 3.23. The maximum Gasteiger partial charge on any atom is 0.123 e. The summed E-state index contributed by atoms with van der Waals surface area (Å²) >= 11 is 0. The highest BCUT2D eigenvalue weighted by Crippen LogP contribution is 2.42. The van der Waals surface area contributed by atoms with Crippen LogP contribution in [0.2, 0.25) is 0 Å². The number of halogens is 1. The number of likely N-dealkylation sites (N-methyl/N-ethyl adjacent to an activating group) is 1. The molecular formula is C18H27FN2O2. The summed E-state index contributed by atoms with van der Waals surface area (Å²) in [5, 5.41) is 9.97. The molecule has 23 heavy (non-hydrogen) atoms. The van der Waals surface area contributed by atoms with E-state index < -0.39 is 0 Å². The molecule has 128 valence electrons. The van der Waals surface area contributed by atoms with Crippen LogP contribution in [0.4, 0.5) is 4.39 Å². The van der Waals surface area contributed by atoms with Gasteiger partial charge in [-0.2, -0.15) is 0 Å². The van der Waals surface area contributed by atoms with Crippen molar-refractivity contribution < 1.29 is 14.2 Å². The van der Waals surface area contributed by atoms with Crippen molar-refractivity contribution in [1.29, 1.82) is 0 Å². The quantitative estimate of drug-likeness (QED) is 0.921. The zero-order valence-electron chi connectivity index (χ0n) is 14.1. The minimum atomic E-state index is -0.225. The summed E-state index contributed by atoms with van der Waals surface area (Å²) < 4.78 is 18.9. The van der Waals surface area contributed by atoms with Gasteiger partial charge in [-0.3, -0.25) is 4.90 Å². The Morgan fingerprint density at radius 2 is 2.17 bits per heavy atom. The Labute approximate surface area is 137 Å². The Balaban J connectivity index is 1.75. The number of fused-ring (bicyclic) bond motifs is 1. The van der Waals surface area contributed by atoms with Crippen LogP contribution in [-0.4, -0.2) is 61.3 Å². The van der Waals surface area contributed by atoms with Crippen LogP contribution in [0.1, 0.15) is 24.8 Å². The first-order valence-electron chi connectivity index (χ1n) is 8.44. The van der Waals surface area contributed by atoms with E-state index in [1.807, 2.05) is 0 Å². The van der Waals surface area contributed by atoms with E-state index in [0.717, 1.165) is 50.2 Å². The first-order chi connectivity index (χ1) is 11.1. The maximum absolute atomic E-state index is 13.6. The van der Waals surface area contributed by atoms with Gasteiger partial charge in [0.15, 0.2) is 0 Å². The predicted octanol–water partition coefficient (Wildman–Crippen LogP) is 2.11. The second-order valence-electron chi connectivity index (χ2n) is 7.06. The minimum absolute atomic E-state index is 0.0372. The van der Waals surface area contributed by atoms with Gasteiger partial charge >= 0.3 is 0 Å². The van der Waals surface area contributed by atoms with Crippen molar-refractivity contribution in [3.63, 3.8) is 0 Å². The van der Waals surface area contributed by atoms with Crippen molar-refractivity contribution in [1.82, 2.24) is 9.80 Å². The lowest BCUT2D eigenvalue weighted by molar-refractivity contribution is -0.0685. The van der Waals surface area contributed by atoms with Gasteiger partial charge in [0.1, 0.15) is 11.6 Å². The number of nitrogens with zero attached hydrogens (tertiary/aromatic N) is 2. The van der Waals surface area contributed by atoms with E-state index in [0.29, 0.717) is 12.6 Å². The summed E-state index contributed by atoms with van der Waals surface area (Å²) in [6.45, 7) is 3.89. The Morgan fingerprint density at radius 1 is 1.35 bits per heavy atom. The topological polar surface area (TPSA) is 35.9 Å². The third-order valence-corrected chi connectivity index (χ3v) is 5.73. The number of rotatable bonds is 4. The van der Waals surface area contributed by atoms with E-state index in [-0.39, 0.29) is 17.8 Å². The van der Waals surface area contributed by atoms with E-state index in [2.05, 4.69) is 16.8 Å². The van der Waals surface area contributed by atoms with Gasteiger partial charge in [0.05, 0.1) is 13.7 Å². The minimum Gasteiger partial charge on any atom is -0.496 e. The molecule has 0 radical (unpaired) electrons. The van der Waals surface area contributed by atoms with Gasteiger partial charge in [0.25, 0.3) is 0 Å². The van der Waals surface area contributed by atoms with E-state index in [1.54, 1.807) is 19.2 Å². The number of hydrogen-bond donors (Lipinski definition) is 1. The molecule has 0 unspecified atom stereocenters. The maximum atomic E-state index is 13.6. The predicted molar refractivity (Wildman–Crippen MR) is 88.0 cm³/mol. The summed E-state index contributed by atoms with van der Waals surface area (Å²) in [5.74, 6) is 0.514. The van der Waals surface area contributed by atoms with E-state index in [4.69, 9.17) is 4.74 Å². The van der Waals surface area contributed by atoms with Crippen LogP contribution < -0.4 is 4.74 Å². The molecule has 2 atom stereocenters. The van der Waals surface area contributed by atoms with Crippen LogP contribution in [0.25, 0.3) is 0 Å². The van der Waals surface area contributed by atoms with E-state index >= 15 is 0 Å². The van der Waals surface area contributed by atoms with Crippen molar-refractivity contribution in [2.24, 2.45) is 5.41 Å². The van der Waals surface area contributed by atoms with Crippen LogP contribution in [0, 0.1) is 11.2 Å². The number of benzene rings is 1. The molecular weight excluding hydrogens is 295 g/mol. The van der Waals surface area contributed by atoms with Crippen LogP contribution in [0.5, 0.6) is 5.75 Å². The molecule has 4 nitrogen and oxygen atoms in total. The zero-order chi connectivity index (χ0) is 16.4. The van der Waals surface area contributed by atoms with Crippen molar-refractivity contribution in [2.45, 2.75) is 31.8 Å². The van der Waals surface area contributed by atoms with Gasteiger partial charge < -0.3 is 14.7 Å². The summed E-state index contributed by atoms with van der Waals surface area (Å²) in [5.41, 5.74) is 0.928. The number of aliphatic hydroxyl groups is 1. The zero-order valence-corrected chi connectivity index (χ0v) is 14.1. The van der Waals surface area contributed by atoms with Crippen LogP contribution in [0.3, 0.4) is 0 Å². The highest BCUT2D eigenvalue weighted by molar-refractivity contribution is 5.34. The molecule has 2 heterocycles. The lowest BCUT2D eigenvalue weighted by Crippen LogP contribution is -2.61. The molecule has 0 aromatic heterocycles. The molecule has 2 aliphatic heterocycles. The fourth-order valence-corrected chi connectivity index (χ4v) is 4.33. The fraction of sp³-hybridized carbons (Fsp3) is 0.667. The smallest absolute Gasteiger partial charge is 0.123 e. The molecule has 1 N–H and O–H groups in total. The molecule has 0 spiro atoms. The van der Waals surface area contributed by atoms with Gasteiger partial charge in [-0.25, -0.2) is 4.39 Å². The van der Waals surface area contributed by atoms with E-state index in [9.17, 15) is 9.50 Å². The number of piperidine rings is 2. The Hall–Kier alpha value is -1.17. The van der Waals surface area contributed by atoms with Crippen molar-refractivity contribution in [3.8, 4) is 5.75 Å². The van der Waals surface area contributed by atoms with Gasteiger partial charge in [0, 0.05) is 30.1 Å². The first kappa shape index (κ1) is 16.7. The molecule has 0 saturated carbocycles. The average Bonchev–Trinajstić information content (AvgIpc) is 2.56. The SMILES string of the molecule is COc1ccc(F)cc1CN1CC[C@@]2(CO)CCCN(C)[C@@H]2C1. The number of hydrogen-bond acceptors (Lipinski definition) is 4. The molecule has 2 aliphatic rings. The molecule has 1 aromatic carbocycles. The van der Waals surface area contributed by atoms with Crippen LogP contribution >= 0.6 is 0 Å². The van der Waals surface area contributed by atoms with Crippen LogP contribution in [0.15, 0.2) is 18.2 Å². The van der Waals surface area contributed by atoms with Gasteiger partial charge in [-0.15, -0.1) is 0 Å². The summed E-state index contributed by atoms with van der Waals surface area (Å²) in [6, 6.07) is 5.07. The Kier molecular flexibility index (Phi) is 4.90.